The van der Waals surface area contributed by atoms with Crippen LogP contribution in [0, 0.1) is 0 Å². The molecular weight excluding hydrogens is 378 g/mol. The molecule has 6 heteroatoms. The second-order valence-electron chi connectivity index (χ2n) is 4.01. The van der Waals surface area contributed by atoms with Crippen molar-refractivity contribution in [2.75, 3.05) is 5.75 Å². The van der Waals surface area contributed by atoms with Crippen molar-refractivity contribution in [2.24, 2.45) is 0 Å². The summed E-state index contributed by atoms with van der Waals surface area (Å²) in [6, 6.07) is 11.7. The molecule has 1 aromatic carbocycles. The number of halogens is 2. The number of nitrogens with one attached hydrogen (secondary N) is 1. The summed E-state index contributed by atoms with van der Waals surface area (Å²) in [6.45, 7) is 0.589. The summed E-state index contributed by atoms with van der Waals surface area (Å²) in [5.74, 6) is 0.790. The number of rotatable bonds is 6. The Morgan fingerprint density at radius 2 is 2.10 bits per heavy atom. The summed E-state index contributed by atoms with van der Waals surface area (Å²) in [7, 11) is 0. The summed E-state index contributed by atoms with van der Waals surface area (Å²) in [4.78, 5) is 13.9. The van der Waals surface area contributed by atoms with Gasteiger partial charge in [0.1, 0.15) is 0 Å². The Hall–Kier alpha value is -0.490. The monoisotopic (exact) mass is 389 g/mol. The number of carbonyl (C=O) groups is 1. The van der Waals surface area contributed by atoms with Gasteiger partial charge in [0.25, 0.3) is 0 Å². The van der Waals surface area contributed by atoms with Crippen LogP contribution >= 0.6 is 50.6 Å². The Morgan fingerprint density at radius 3 is 2.80 bits per heavy atom. The van der Waals surface area contributed by atoms with Gasteiger partial charge in [-0.1, -0.05) is 23.7 Å². The first-order valence-corrected chi connectivity index (χ1v) is 9.00. The summed E-state index contributed by atoms with van der Waals surface area (Å²) < 4.78 is 1.08. The highest BCUT2D eigenvalue weighted by atomic mass is 79.9. The fourth-order valence-electron chi connectivity index (χ4n) is 1.54. The van der Waals surface area contributed by atoms with Crippen LogP contribution in [0.25, 0.3) is 0 Å². The van der Waals surface area contributed by atoms with Gasteiger partial charge >= 0.3 is 0 Å². The molecule has 0 saturated heterocycles. The fraction of sp³-hybridized carbons (Fsp3) is 0.214. The van der Waals surface area contributed by atoms with Crippen molar-refractivity contribution in [1.29, 1.82) is 0 Å². The third-order valence-corrected chi connectivity index (χ3v) is 5.65. The minimum atomic E-state index is 0.0640. The molecule has 0 spiro atoms. The minimum Gasteiger partial charge on any atom is -0.351 e. The van der Waals surface area contributed by atoms with E-state index in [1.165, 1.54) is 0 Å². The number of hydrogen-bond acceptors (Lipinski definition) is 3. The molecule has 2 rings (SSSR count). The molecule has 0 bridgehead atoms. The molecule has 0 aliphatic heterocycles. The van der Waals surface area contributed by atoms with Crippen LogP contribution in [0.15, 0.2) is 45.1 Å². The van der Waals surface area contributed by atoms with Crippen LogP contribution in [0.3, 0.4) is 0 Å². The lowest BCUT2D eigenvalue weighted by Crippen LogP contribution is -2.22. The average Bonchev–Trinajstić information content (AvgIpc) is 2.84. The number of hydrogen-bond donors (Lipinski definition) is 1. The molecule has 0 unspecified atom stereocenters. The number of thioether (sulfide) groups is 1. The Bertz CT molecular complexity index is 588. The van der Waals surface area contributed by atoms with E-state index in [-0.39, 0.29) is 5.91 Å². The zero-order valence-electron chi connectivity index (χ0n) is 10.6. The maximum Gasteiger partial charge on any atom is 0.221 e. The molecule has 1 heterocycles. The first-order valence-electron chi connectivity index (χ1n) is 6.03. The standard InChI is InChI=1S/C14H13BrClNOS2/c15-13-6-5-10(20-13)9-17-14(18)7-8-19-12-4-2-1-3-11(12)16/h1-6H,7-9H2,(H,17,18). The summed E-state index contributed by atoms with van der Waals surface area (Å²) in [5.41, 5.74) is 0. The lowest BCUT2D eigenvalue weighted by atomic mass is 10.4. The van der Waals surface area contributed by atoms with Crippen LogP contribution in [-0.4, -0.2) is 11.7 Å². The van der Waals surface area contributed by atoms with Gasteiger partial charge in [0.2, 0.25) is 5.91 Å². The molecule has 106 valence electrons. The van der Waals surface area contributed by atoms with Crippen LogP contribution in [0.2, 0.25) is 5.02 Å². The maximum absolute atomic E-state index is 11.7. The van der Waals surface area contributed by atoms with E-state index in [0.717, 1.165) is 24.3 Å². The van der Waals surface area contributed by atoms with E-state index in [9.17, 15) is 4.79 Å². The number of amides is 1. The van der Waals surface area contributed by atoms with Gasteiger partial charge in [-0.2, -0.15) is 0 Å². The molecule has 1 amide bonds. The number of thiophene rings is 1. The van der Waals surface area contributed by atoms with Crippen molar-refractivity contribution >= 4 is 56.5 Å². The van der Waals surface area contributed by atoms with Gasteiger partial charge in [-0.3, -0.25) is 4.79 Å². The Morgan fingerprint density at radius 1 is 1.30 bits per heavy atom. The highest BCUT2D eigenvalue weighted by molar-refractivity contribution is 9.11. The first-order chi connectivity index (χ1) is 9.65. The molecule has 1 N–H and O–H groups in total. The molecule has 20 heavy (non-hydrogen) atoms. The van der Waals surface area contributed by atoms with Gasteiger partial charge in [-0.15, -0.1) is 23.1 Å². The maximum atomic E-state index is 11.7. The van der Waals surface area contributed by atoms with Crippen molar-refractivity contribution in [3.8, 4) is 0 Å². The third kappa shape index (κ3) is 5.13. The van der Waals surface area contributed by atoms with Crippen molar-refractivity contribution in [3.05, 3.63) is 50.1 Å². The van der Waals surface area contributed by atoms with Crippen molar-refractivity contribution in [1.82, 2.24) is 5.32 Å². The first kappa shape index (κ1) is 15.9. The van der Waals surface area contributed by atoms with Gasteiger partial charge in [-0.05, 0) is 40.2 Å². The lowest BCUT2D eigenvalue weighted by Gasteiger charge is -2.05. The summed E-state index contributed by atoms with van der Waals surface area (Å²) in [5, 5.41) is 3.65. The van der Waals surface area contributed by atoms with Crippen LogP contribution < -0.4 is 5.32 Å². The second-order valence-corrected chi connectivity index (χ2v) is 8.10. The molecule has 2 aromatic rings. The zero-order chi connectivity index (χ0) is 14.4. The number of carbonyl (C=O) groups excluding carboxylic acids is 1. The molecule has 0 fully saturated rings. The zero-order valence-corrected chi connectivity index (χ0v) is 14.5. The summed E-state index contributed by atoms with van der Waals surface area (Å²) in [6.07, 6.45) is 0.489. The van der Waals surface area contributed by atoms with Gasteiger partial charge in [0, 0.05) is 21.9 Å². The highest BCUT2D eigenvalue weighted by Crippen LogP contribution is 2.27. The van der Waals surface area contributed by atoms with E-state index >= 15 is 0 Å². The van der Waals surface area contributed by atoms with Crippen molar-refractivity contribution in [3.63, 3.8) is 0 Å². The molecule has 0 atom stereocenters. The molecular formula is C14H13BrClNOS2. The molecule has 2 nitrogen and oxygen atoms in total. The molecule has 1 aromatic heterocycles. The third-order valence-electron chi connectivity index (χ3n) is 2.51. The Labute approximate surface area is 140 Å². The molecule has 0 aliphatic rings. The minimum absolute atomic E-state index is 0.0640. The van der Waals surface area contributed by atoms with Crippen LogP contribution in [0.5, 0.6) is 0 Å². The van der Waals surface area contributed by atoms with Crippen molar-refractivity contribution in [2.45, 2.75) is 17.9 Å². The average molecular weight is 391 g/mol. The molecule has 0 aliphatic carbocycles. The van der Waals surface area contributed by atoms with Crippen LogP contribution in [0.4, 0.5) is 0 Å². The normalized spacial score (nSPS) is 10.5. The van der Waals surface area contributed by atoms with Crippen LogP contribution in [-0.2, 0) is 11.3 Å². The van der Waals surface area contributed by atoms with E-state index in [0.29, 0.717) is 13.0 Å². The Balaban J connectivity index is 1.69. The van der Waals surface area contributed by atoms with E-state index < -0.39 is 0 Å². The summed E-state index contributed by atoms with van der Waals surface area (Å²) >= 11 is 12.7. The van der Waals surface area contributed by atoms with E-state index in [1.54, 1.807) is 23.1 Å². The van der Waals surface area contributed by atoms with Crippen LogP contribution in [0.1, 0.15) is 11.3 Å². The Kier molecular flexibility index (Phi) is 6.42. The largest absolute Gasteiger partial charge is 0.351 e. The molecule has 0 radical (unpaired) electrons. The second kappa shape index (κ2) is 8.08. The van der Waals surface area contributed by atoms with Crippen molar-refractivity contribution < 1.29 is 4.79 Å². The SMILES string of the molecule is O=C(CCSc1ccccc1Cl)NCc1ccc(Br)s1. The highest BCUT2D eigenvalue weighted by Gasteiger charge is 2.05. The van der Waals surface area contributed by atoms with Gasteiger partial charge < -0.3 is 5.32 Å². The van der Waals surface area contributed by atoms with E-state index in [1.807, 2.05) is 36.4 Å². The lowest BCUT2D eigenvalue weighted by molar-refractivity contribution is -0.120. The van der Waals surface area contributed by atoms with E-state index in [2.05, 4.69) is 21.2 Å². The topological polar surface area (TPSA) is 29.1 Å². The predicted molar refractivity (Wildman–Crippen MR) is 90.7 cm³/mol. The number of benzene rings is 1. The molecule has 0 saturated carbocycles. The quantitative estimate of drug-likeness (QED) is 0.706. The van der Waals surface area contributed by atoms with Gasteiger partial charge in [0.15, 0.2) is 0 Å². The van der Waals surface area contributed by atoms with Gasteiger partial charge in [-0.25, -0.2) is 0 Å². The smallest absolute Gasteiger partial charge is 0.221 e. The van der Waals surface area contributed by atoms with Gasteiger partial charge in [0.05, 0.1) is 15.4 Å². The van der Waals surface area contributed by atoms with E-state index in [4.69, 9.17) is 11.6 Å². The predicted octanol–water partition coefficient (Wildman–Crippen LogP) is 4.96. The fourth-order valence-corrected chi connectivity index (χ4v) is 4.15.